The summed E-state index contributed by atoms with van der Waals surface area (Å²) in [5, 5.41) is 1.97. The predicted molar refractivity (Wildman–Crippen MR) is 69.6 cm³/mol. The van der Waals surface area contributed by atoms with Crippen molar-refractivity contribution in [1.29, 1.82) is 0 Å². The Labute approximate surface area is 105 Å². The van der Waals surface area contributed by atoms with E-state index in [1.54, 1.807) is 6.20 Å². The highest BCUT2D eigenvalue weighted by Gasteiger charge is 2.18. The number of carbonyl (C=O) groups is 1. The van der Waals surface area contributed by atoms with Crippen LogP contribution in [0.15, 0.2) is 23.8 Å². The first-order valence-electron chi connectivity index (χ1n) is 5.90. The van der Waals surface area contributed by atoms with Gasteiger partial charge < -0.3 is 4.57 Å². The van der Waals surface area contributed by atoms with Gasteiger partial charge in [-0.25, -0.2) is 4.98 Å². The minimum Gasteiger partial charge on any atom is -0.328 e. The summed E-state index contributed by atoms with van der Waals surface area (Å²) in [6, 6.07) is 2.02. The van der Waals surface area contributed by atoms with Crippen molar-refractivity contribution < 1.29 is 4.79 Å². The van der Waals surface area contributed by atoms with Crippen molar-refractivity contribution in [3.8, 4) is 0 Å². The van der Waals surface area contributed by atoms with Crippen LogP contribution in [0.5, 0.6) is 0 Å². The highest BCUT2D eigenvalue weighted by Crippen LogP contribution is 2.20. The van der Waals surface area contributed by atoms with Gasteiger partial charge in [0.1, 0.15) is 0 Å². The van der Waals surface area contributed by atoms with E-state index in [1.165, 1.54) is 11.3 Å². The van der Waals surface area contributed by atoms with Crippen LogP contribution in [0.1, 0.15) is 41.3 Å². The van der Waals surface area contributed by atoms with Crippen molar-refractivity contribution in [2.75, 3.05) is 0 Å². The van der Waals surface area contributed by atoms with Crippen molar-refractivity contribution in [3.05, 3.63) is 40.1 Å². The molecule has 0 bridgehead atoms. The van der Waals surface area contributed by atoms with Crippen molar-refractivity contribution in [2.24, 2.45) is 0 Å². The van der Waals surface area contributed by atoms with Gasteiger partial charge in [-0.15, -0.1) is 11.3 Å². The van der Waals surface area contributed by atoms with E-state index in [0.717, 1.165) is 29.8 Å². The molecule has 0 fully saturated rings. The van der Waals surface area contributed by atoms with Gasteiger partial charge in [-0.2, -0.15) is 0 Å². The van der Waals surface area contributed by atoms with Crippen LogP contribution in [0.4, 0.5) is 0 Å². The van der Waals surface area contributed by atoms with Gasteiger partial charge in [0.15, 0.2) is 5.82 Å². The molecule has 4 heteroatoms. The Bertz CT molecular complexity index is 513. The van der Waals surface area contributed by atoms with E-state index in [1.807, 2.05) is 22.2 Å². The van der Waals surface area contributed by atoms with Crippen LogP contribution in [0.3, 0.4) is 0 Å². The lowest BCUT2D eigenvalue weighted by molar-refractivity contribution is 0.102. The quantitative estimate of drug-likeness (QED) is 0.762. The van der Waals surface area contributed by atoms with Crippen LogP contribution in [0.25, 0.3) is 0 Å². The molecule has 2 rings (SSSR count). The van der Waals surface area contributed by atoms with Crippen LogP contribution in [-0.2, 0) is 13.0 Å². The lowest BCUT2D eigenvalue weighted by Gasteiger charge is -2.05. The van der Waals surface area contributed by atoms with Gasteiger partial charge in [0.25, 0.3) is 0 Å². The first-order chi connectivity index (χ1) is 8.27. The Kier molecular flexibility index (Phi) is 3.74. The summed E-state index contributed by atoms with van der Waals surface area (Å²) in [4.78, 5) is 17.4. The molecule has 0 N–H and O–H groups in total. The molecule has 90 valence electrons. The lowest BCUT2D eigenvalue weighted by atomic mass is 10.1. The summed E-state index contributed by atoms with van der Waals surface area (Å²) in [6.07, 6.45) is 5.46. The number of rotatable bonds is 5. The molecule has 3 nitrogen and oxygen atoms in total. The summed E-state index contributed by atoms with van der Waals surface area (Å²) in [7, 11) is 0. The molecular formula is C13H16N2OS. The number of nitrogens with zero attached hydrogens (tertiary/aromatic N) is 2. The zero-order valence-corrected chi connectivity index (χ0v) is 11.0. The molecule has 0 amide bonds. The van der Waals surface area contributed by atoms with Gasteiger partial charge in [-0.05, 0) is 29.9 Å². The number of carbonyl (C=O) groups excluding carboxylic acids is 1. The van der Waals surface area contributed by atoms with Crippen molar-refractivity contribution in [2.45, 2.75) is 33.2 Å². The maximum absolute atomic E-state index is 12.4. The summed E-state index contributed by atoms with van der Waals surface area (Å²) >= 11 is 1.50. The van der Waals surface area contributed by atoms with Gasteiger partial charge in [-0.1, -0.05) is 13.8 Å². The summed E-state index contributed by atoms with van der Waals surface area (Å²) in [5.41, 5.74) is 1.12. The molecule has 2 aromatic heterocycles. The van der Waals surface area contributed by atoms with Crippen molar-refractivity contribution in [3.63, 3.8) is 0 Å². The van der Waals surface area contributed by atoms with E-state index in [9.17, 15) is 4.79 Å². The normalized spacial score (nSPS) is 10.7. The summed E-state index contributed by atoms with van der Waals surface area (Å²) in [6.45, 7) is 5.00. The van der Waals surface area contributed by atoms with Gasteiger partial charge in [0.05, 0.1) is 4.88 Å². The molecular weight excluding hydrogens is 232 g/mol. The zero-order chi connectivity index (χ0) is 12.3. The van der Waals surface area contributed by atoms with E-state index in [-0.39, 0.29) is 5.78 Å². The van der Waals surface area contributed by atoms with E-state index < -0.39 is 0 Å². The fraction of sp³-hybridized carbons (Fsp3) is 0.385. The van der Waals surface area contributed by atoms with Gasteiger partial charge >= 0.3 is 0 Å². The molecule has 0 aromatic carbocycles. The summed E-state index contributed by atoms with van der Waals surface area (Å²) in [5.74, 6) is 0.610. The van der Waals surface area contributed by atoms with Crippen LogP contribution >= 0.6 is 11.3 Å². The molecule has 0 spiro atoms. The average Bonchev–Trinajstić information content (AvgIpc) is 2.96. The zero-order valence-electron chi connectivity index (χ0n) is 10.1. The Morgan fingerprint density at radius 2 is 2.29 bits per heavy atom. The van der Waals surface area contributed by atoms with Gasteiger partial charge in [0, 0.05) is 18.9 Å². The second kappa shape index (κ2) is 5.27. The first-order valence-corrected chi connectivity index (χ1v) is 6.78. The van der Waals surface area contributed by atoms with E-state index in [4.69, 9.17) is 0 Å². The molecule has 0 aliphatic carbocycles. The first kappa shape index (κ1) is 12.0. The molecule has 0 saturated carbocycles. The fourth-order valence-electron chi connectivity index (χ4n) is 1.85. The third kappa shape index (κ3) is 2.31. The number of hydrogen-bond acceptors (Lipinski definition) is 3. The van der Waals surface area contributed by atoms with Gasteiger partial charge in [0.2, 0.25) is 5.78 Å². The third-order valence-corrected chi connectivity index (χ3v) is 3.67. The van der Waals surface area contributed by atoms with Crippen LogP contribution in [0.2, 0.25) is 0 Å². The number of ketones is 1. The minimum atomic E-state index is 0.0512. The molecule has 0 radical (unpaired) electrons. The monoisotopic (exact) mass is 248 g/mol. The Balaban J connectivity index is 2.34. The van der Waals surface area contributed by atoms with Crippen LogP contribution in [0, 0.1) is 0 Å². The molecule has 0 aliphatic rings. The molecule has 2 aromatic rings. The smallest absolute Gasteiger partial charge is 0.238 e. The van der Waals surface area contributed by atoms with Crippen LogP contribution in [-0.4, -0.2) is 15.3 Å². The number of hydrogen-bond donors (Lipinski definition) is 0. The van der Waals surface area contributed by atoms with Crippen molar-refractivity contribution in [1.82, 2.24) is 9.55 Å². The fourth-order valence-corrected chi connectivity index (χ4v) is 2.78. The van der Waals surface area contributed by atoms with E-state index in [0.29, 0.717) is 5.82 Å². The molecule has 0 atom stereocenters. The molecule has 2 heterocycles. The number of aromatic nitrogens is 2. The second-order valence-electron chi connectivity index (χ2n) is 3.90. The standard InChI is InChI=1S/C13H16N2OS/c1-3-7-15-8-6-14-13(15)11(16)12-10(4-2)5-9-17-12/h5-6,8-9H,3-4,7H2,1-2H3. The molecule has 0 unspecified atom stereocenters. The second-order valence-corrected chi connectivity index (χ2v) is 4.82. The minimum absolute atomic E-state index is 0.0512. The van der Waals surface area contributed by atoms with Crippen molar-refractivity contribution >= 4 is 17.1 Å². The number of imidazole rings is 1. The van der Waals surface area contributed by atoms with E-state index in [2.05, 4.69) is 18.8 Å². The topological polar surface area (TPSA) is 34.9 Å². The van der Waals surface area contributed by atoms with E-state index >= 15 is 0 Å². The average molecular weight is 248 g/mol. The SMILES string of the molecule is CCCn1ccnc1C(=O)c1sccc1CC. The molecule has 0 aliphatic heterocycles. The molecule has 0 saturated heterocycles. The highest BCUT2D eigenvalue weighted by atomic mass is 32.1. The summed E-state index contributed by atoms with van der Waals surface area (Å²) < 4.78 is 1.93. The van der Waals surface area contributed by atoms with Gasteiger partial charge in [-0.3, -0.25) is 4.79 Å². The largest absolute Gasteiger partial charge is 0.328 e. The molecule has 17 heavy (non-hydrogen) atoms. The Morgan fingerprint density at radius 3 is 3.00 bits per heavy atom. The lowest BCUT2D eigenvalue weighted by Crippen LogP contribution is -2.11. The Hall–Kier alpha value is -1.42. The number of aryl methyl sites for hydroxylation is 2. The number of thiophene rings is 1. The van der Waals surface area contributed by atoms with Crippen LogP contribution < -0.4 is 0 Å². The maximum atomic E-state index is 12.4. The Morgan fingerprint density at radius 1 is 1.47 bits per heavy atom. The maximum Gasteiger partial charge on any atom is 0.238 e. The predicted octanol–water partition coefficient (Wildman–Crippen LogP) is 3.15. The third-order valence-electron chi connectivity index (χ3n) is 2.72. The highest BCUT2D eigenvalue weighted by molar-refractivity contribution is 7.12.